The highest BCUT2D eigenvalue weighted by molar-refractivity contribution is 7.61. The van der Waals surface area contributed by atoms with Gasteiger partial charge in [0.05, 0.1) is 37.5 Å². The maximum absolute atomic E-state index is 12.5. The Morgan fingerprint density at radius 3 is 1.58 bits per heavy atom. The average Bonchev–Trinajstić information content (AvgIpc) is 3.54. The molecule has 2 aliphatic rings. The number of hydrogen-bond acceptors (Lipinski definition) is 13. The monoisotopic (exact) mass is 676 g/mol. The molecule has 4 heterocycles. The van der Waals surface area contributed by atoms with Gasteiger partial charge in [0.15, 0.2) is 0 Å². The van der Waals surface area contributed by atoms with E-state index >= 15 is 0 Å². The number of aromatic nitrogens is 4. The predicted octanol–water partition coefficient (Wildman–Crippen LogP) is 0.887. The van der Waals surface area contributed by atoms with Gasteiger partial charge >= 0.3 is 27.0 Å². The minimum atomic E-state index is -5.36. The lowest BCUT2D eigenvalue weighted by atomic mass is 10.1. The standard InChI is InChI=1S/C20H26N10O13P2/c1-9-5-29(19(33)23-17(9)31)15-3-11(25-27-21)13(41-15)7-39-44(35,36)43-45(37,38)40-8-14-12(26-28-22)4-16(42-14)30-6-10(2)18(32)24-20(30)34/h5-6,11-16H,3-4,7-8H2,1-2H3,(H,35,36)(H,37,38)(H,23,31,33)(H,24,32,34)/t11-,12-,13+,14+,15+,16+/m0/s1. The van der Waals surface area contributed by atoms with E-state index in [0.29, 0.717) is 0 Å². The number of nitrogens with zero attached hydrogens (tertiary/aromatic N) is 8. The van der Waals surface area contributed by atoms with Gasteiger partial charge in [-0.2, -0.15) is 4.31 Å². The summed E-state index contributed by atoms with van der Waals surface area (Å²) in [4.78, 5) is 77.5. The molecule has 244 valence electrons. The zero-order valence-corrected chi connectivity index (χ0v) is 25.1. The molecule has 0 radical (unpaired) electrons. The Kier molecular flexibility index (Phi) is 10.3. The van der Waals surface area contributed by atoms with Crippen molar-refractivity contribution in [3.8, 4) is 0 Å². The molecule has 2 unspecified atom stereocenters. The number of nitrogens with one attached hydrogen (secondary N) is 2. The van der Waals surface area contributed by atoms with Gasteiger partial charge in [0.25, 0.3) is 11.1 Å². The number of rotatable bonds is 12. The first kappa shape index (κ1) is 34.0. The van der Waals surface area contributed by atoms with E-state index < -0.39 is 88.1 Å². The van der Waals surface area contributed by atoms with Crippen molar-refractivity contribution in [3.05, 3.63) is 86.1 Å². The van der Waals surface area contributed by atoms with Crippen LogP contribution in [0.25, 0.3) is 20.9 Å². The van der Waals surface area contributed by atoms with Crippen LogP contribution in [-0.4, -0.2) is 66.4 Å². The van der Waals surface area contributed by atoms with Crippen LogP contribution >= 0.6 is 15.6 Å². The Labute approximate surface area is 249 Å². The number of hydrogen-bond donors (Lipinski definition) is 4. The summed E-state index contributed by atoms with van der Waals surface area (Å²) in [6, 6.07) is -2.06. The number of phosphoric acid groups is 2. The van der Waals surface area contributed by atoms with E-state index in [9.17, 15) is 38.1 Å². The third-order valence-corrected chi connectivity index (χ3v) is 9.33. The maximum Gasteiger partial charge on any atom is 0.481 e. The van der Waals surface area contributed by atoms with Gasteiger partial charge in [0.1, 0.15) is 12.5 Å². The first-order chi connectivity index (χ1) is 21.1. The first-order valence-corrected chi connectivity index (χ1v) is 15.8. The molecule has 4 rings (SSSR count). The zero-order chi connectivity index (χ0) is 33.1. The summed E-state index contributed by atoms with van der Waals surface area (Å²) < 4.78 is 52.2. The quantitative estimate of drug-likeness (QED) is 0.105. The Morgan fingerprint density at radius 2 is 1.22 bits per heavy atom. The smallest absolute Gasteiger partial charge is 0.352 e. The highest BCUT2D eigenvalue weighted by Gasteiger charge is 2.43. The molecule has 45 heavy (non-hydrogen) atoms. The van der Waals surface area contributed by atoms with Crippen LogP contribution in [0.4, 0.5) is 0 Å². The number of azide groups is 2. The van der Waals surface area contributed by atoms with E-state index in [2.05, 4.69) is 34.3 Å². The van der Waals surface area contributed by atoms with Gasteiger partial charge in [-0.1, -0.05) is 10.2 Å². The van der Waals surface area contributed by atoms with E-state index in [-0.39, 0.29) is 24.0 Å². The minimum absolute atomic E-state index is 0.0961. The highest BCUT2D eigenvalue weighted by atomic mass is 31.3. The summed E-state index contributed by atoms with van der Waals surface area (Å²) in [7, 11) is -10.7. The van der Waals surface area contributed by atoms with Crippen LogP contribution in [0.1, 0.15) is 36.4 Å². The van der Waals surface area contributed by atoms with Crippen LogP contribution in [0.3, 0.4) is 0 Å². The first-order valence-electron chi connectivity index (χ1n) is 12.8. The van der Waals surface area contributed by atoms with Gasteiger partial charge in [-0.15, -0.1) is 0 Å². The van der Waals surface area contributed by atoms with Crippen molar-refractivity contribution in [1.82, 2.24) is 19.1 Å². The maximum atomic E-state index is 12.5. The van der Waals surface area contributed by atoms with Crippen LogP contribution in [0, 0.1) is 13.8 Å². The molecular formula is C20H26N10O13P2. The molecule has 0 spiro atoms. The SMILES string of the molecule is Cc1cn([C@H]2C[C@H](N=[N+]=[N-])[C@@H](COP(=O)(O)OP(=O)(O)OC[C@H]3O[C@@H](n4cc(C)c(=O)[nH]c4=O)C[C@@H]3N=[N+]=[N-])O2)c(=O)[nH]c1=O. The van der Waals surface area contributed by atoms with Gasteiger partial charge in [-0.25, -0.2) is 18.7 Å². The summed E-state index contributed by atoms with van der Waals surface area (Å²) in [5.74, 6) is 0. The van der Waals surface area contributed by atoms with Gasteiger partial charge in [-0.3, -0.25) is 37.7 Å². The molecule has 2 aromatic heterocycles. The van der Waals surface area contributed by atoms with Crippen molar-refractivity contribution >= 4 is 15.6 Å². The van der Waals surface area contributed by atoms with Gasteiger partial charge < -0.3 is 19.3 Å². The van der Waals surface area contributed by atoms with Crippen LogP contribution in [0.15, 0.2) is 41.8 Å². The second-order valence-electron chi connectivity index (χ2n) is 9.84. The average molecular weight is 676 g/mol. The summed E-state index contributed by atoms with van der Waals surface area (Å²) in [5.41, 5.74) is 15.3. The van der Waals surface area contributed by atoms with Crippen molar-refractivity contribution < 1.29 is 41.7 Å². The summed E-state index contributed by atoms with van der Waals surface area (Å²) in [5, 5.41) is 7.05. The Morgan fingerprint density at radius 1 is 0.844 bits per heavy atom. The number of ether oxygens (including phenoxy) is 2. The fourth-order valence-electron chi connectivity index (χ4n) is 4.56. The lowest BCUT2D eigenvalue weighted by Crippen LogP contribution is -2.33. The van der Waals surface area contributed by atoms with E-state index in [1.54, 1.807) is 0 Å². The number of H-pyrrole nitrogens is 2. The van der Waals surface area contributed by atoms with Crippen LogP contribution < -0.4 is 22.5 Å². The molecule has 0 aromatic carbocycles. The molecule has 2 aromatic rings. The molecule has 23 nitrogen and oxygen atoms in total. The van der Waals surface area contributed by atoms with Crippen molar-refractivity contribution in [1.29, 1.82) is 0 Å². The largest absolute Gasteiger partial charge is 0.481 e. The lowest BCUT2D eigenvalue weighted by Gasteiger charge is -2.21. The molecule has 0 saturated carbocycles. The van der Waals surface area contributed by atoms with E-state index in [1.165, 1.54) is 26.2 Å². The molecule has 2 aliphatic heterocycles. The Hall–Kier alpha value is -3.84. The predicted molar refractivity (Wildman–Crippen MR) is 148 cm³/mol. The van der Waals surface area contributed by atoms with Crippen molar-refractivity contribution in [2.75, 3.05) is 13.2 Å². The Balaban J connectivity index is 1.38. The van der Waals surface area contributed by atoms with Crippen LogP contribution in [0.5, 0.6) is 0 Å². The molecule has 2 saturated heterocycles. The van der Waals surface area contributed by atoms with Gasteiger partial charge in [0.2, 0.25) is 0 Å². The minimum Gasteiger partial charge on any atom is -0.352 e. The van der Waals surface area contributed by atoms with E-state index in [1.807, 2.05) is 0 Å². The van der Waals surface area contributed by atoms with Crippen molar-refractivity contribution in [2.24, 2.45) is 10.2 Å². The summed E-state index contributed by atoms with van der Waals surface area (Å²) in [6.07, 6.45) is -2.38. The molecular weight excluding hydrogens is 650 g/mol. The molecule has 0 aliphatic carbocycles. The fourth-order valence-corrected chi connectivity index (χ4v) is 6.65. The Bertz CT molecular complexity index is 1740. The zero-order valence-electron chi connectivity index (χ0n) is 23.3. The molecule has 0 amide bonds. The second kappa shape index (κ2) is 13.7. The third kappa shape index (κ3) is 8.26. The number of aromatic amines is 2. The topological polar surface area (TPSA) is 328 Å². The summed E-state index contributed by atoms with van der Waals surface area (Å²) in [6.45, 7) is 1.24. The lowest BCUT2D eigenvalue weighted by molar-refractivity contribution is -0.0306. The molecule has 8 atom stereocenters. The molecule has 4 N–H and O–H groups in total. The van der Waals surface area contributed by atoms with Crippen molar-refractivity contribution in [3.63, 3.8) is 0 Å². The van der Waals surface area contributed by atoms with Gasteiger partial charge in [-0.05, 0) is 24.9 Å². The number of phosphoric ester groups is 2. The second-order valence-corrected chi connectivity index (χ2v) is 12.9. The fraction of sp³-hybridized carbons (Fsp3) is 0.600. The molecule has 2 fully saturated rings. The molecule has 25 heteroatoms. The highest BCUT2D eigenvalue weighted by Crippen LogP contribution is 2.60. The molecule has 0 bridgehead atoms. The normalized spacial score (nSPS) is 27.2. The number of aryl methyl sites for hydroxylation is 2. The third-order valence-electron chi connectivity index (χ3n) is 6.73. The van der Waals surface area contributed by atoms with E-state index in [4.69, 9.17) is 29.6 Å². The van der Waals surface area contributed by atoms with Crippen LogP contribution in [-0.2, 0) is 32.0 Å². The van der Waals surface area contributed by atoms with Crippen LogP contribution in [0.2, 0.25) is 0 Å². The van der Waals surface area contributed by atoms with Crippen molar-refractivity contribution in [2.45, 2.75) is 63.4 Å². The van der Waals surface area contributed by atoms with Gasteiger partial charge in [0, 0.05) is 46.2 Å². The summed E-state index contributed by atoms with van der Waals surface area (Å²) >= 11 is 0. The van der Waals surface area contributed by atoms with E-state index in [0.717, 1.165) is 9.13 Å².